The Hall–Kier alpha value is -1.77. The summed E-state index contributed by atoms with van der Waals surface area (Å²) in [6.07, 6.45) is 0. The van der Waals surface area contributed by atoms with Crippen LogP contribution in [0.1, 0.15) is 5.56 Å². The predicted octanol–water partition coefficient (Wildman–Crippen LogP) is 3.61. The number of anilines is 1. The normalized spacial score (nSPS) is 11.5. The highest BCUT2D eigenvalue weighted by atomic mass is 79.9. The molecule has 0 radical (unpaired) electrons. The molecule has 2 aromatic carbocycles. The zero-order valence-electron chi connectivity index (χ0n) is 12.4. The summed E-state index contributed by atoms with van der Waals surface area (Å²) in [5.41, 5.74) is 1.40. The van der Waals surface area contributed by atoms with Crippen LogP contribution in [-0.2, 0) is 20.4 Å². The summed E-state index contributed by atoms with van der Waals surface area (Å²) in [5.74, 6) is -1.31. The molecule has 0 aliphatic heterocycles. The van der Waals surface area contributed by atoms with Crippen LogP contribution in [0.4, 0.5) is 5.13 Å². The molecule has 0 saturated carbocycles. The smallest absolute Gasteiger partial charge is 0.241 e. The highest BCUT2D eigenvalue weighted by molar-refractivity contribution is 9.10. The topological polar surface area (TPSA) is 76.1 Å². The van der Waals surface area contributed by atoms with Gasteiger partial charge in [-0.3, -0.25) is 4.79 Å². The molecule has 0 saturated heterocycles. The Kier molecular flexibility index (Phi) is 4.98. The van der Waals surface area contributed by atoms with Crippen molar-refractivity contribution in [3.05, 3.63) is 58.6 Å². The first-order valence-corrected chi connectivity index (χ1v) is 10.5. The number of nitrogens with zero attached hydrogens (tertiary/aromatic N) is 1. The van der Waals surface area contributed by atoms with Crippen molar-refractivity contribution in [2.45, 2.75) is 5.75 Å². The van der Waals surface area contributed by atoms with Crippen LogP contribution in [0.3, 0.4) is 0 Å². The van der Waals surface area contributed by atoms with E-state index < -0.39 is 21.5 Å². The Morgan fingerprint density at radius 2 is 1.88 bits per heavy atom. The first-order chi connectivity index (χ1) is 11.4. The molecule has 1 heterocycles. The zero-order chi connectivity index (χ0) is 17.2. The fourth-order valence-electron chi connectivity index (χ4n) is 2.20. The monoisotopic (exact) mass is 424 g/mol. The van der Waals surface area contributed by atoms with Gasteiger partial charge in [-0.1, -0.05) is 47.7 Å². The fourth-order valence-corrected chi connectivity index (χ4v) is 4.97. The van der Waals surface area contributed by atoms with E-state index in [0.717, 1.165) is 14.7 Å². The minimum absolute atomic E-state index is 0.160. The minimum Gasteiger partial charge on any atom is -0.301 e. The van der Waals surface area contributed by atoms with Gasteiger partial charge in [0, 0.05) is 4.47 Å². The number of carbonyl (C=O) groups excluding carboxylic acids is 1. The van der Waals surface area contributed by atoms with Crippen molar-refractivity contribution in [1.82, 2.24) is 4.98 Å². The highest BCUT2D eigenvalue weighted by Crippen LogP contribution is 2.30. The summed E-state index contributed by atoms with van der Waals surface area (Å²) < 4.78 is 26.0. The molecule has 8 heteroatoms. The van der Waals surface area contributed by atoms with Crippen molar-refractivity contribution < 1.29 is 13.2 Å². The van der Waals surface area contributed by atoms with E-state index in [1.165, 1.54) is 11.3 Å². The second-order valence-corrected chi connectivity index (χ2v) is 9.12. The summed E-state index contributed by atoms with van der Waals surface area (Å²) in [7, 11) is -3.54. The molecule has 3 aromatic rings. The molecule has 24 heavy (non-hydrogen) atoms. The quantitative estimate of drug-likeness (QED) is 0.678. The first kappa shape index (κ1) is 17.1. The van der Waals surface area contributed by atoms with Crippen LogP contribution in [0, 0.1) is 0 Å². The number of amides is 1. The van der Waals surface area contributed by atoms with Crippen molar-refractivity contribution in [3.8, 4) is 0 Å². The number of rotatable bonds is 5. The number of carbonyl (C=O) groups is 1. The maximum Gasteiger partial charge on any atom is 0.241 e. The molecular formula is C16H13BrN2O3S2. The number of halogens is 1. The van der Waals surface area contributed by atoms with Gasteiger partial charge < -0.3 is 5.32 Å². The Morgan fingerprint density at radius 3 is 2.58 bits per heavy atom. The average Bonchev–Trinajstić information content (AvgIpc) is 2.90. The molecule has 1 amide bonds. The number of hydrogen-bond donors (Lipinski definition) is 1. The van der Waals surface area contributed by atoms with Crippen molar-refractivity contribution >= 4 is 58.4 Å². The molecule has 0 unspecified atom stereocenters. The molecule has 0 atom stereocenters. The van der Waals surface area contributed by atoms with Gasteiger partial charge in [-0.2, -0.15) is 0 Å². The maximum absolute atomic E-state index is 12.1. The van der Waals surface area contributed by atoms with Crippen LogP contribution >= 0.6 is 27.3 Å². The number of thiazole rings is 1. The molecule has 124 valence electrons. The zero-order valence-corrected chi connectivity index (χ0v) is 15.6. The van der Waals surface area contributed by atoms with Crippen LogP contribution < -0.4 is 5.32 Å². The summed E-state index contributed by atoms with van der Waals surface area (Å²) in [4.78, 5) is 16.4. The summed E-state index contributed by atoms with van der Waals surface area (Å²) in [6.45, 7) is 0. The third-order valence-electron chi connectivity index (χ3n) is 3.20. The van der Waals surface area contributed by atoms with Gasteiger partial charge in [-0.15, -0.1) is 0 Å². The Morgan fingerprint density at radius 1 is 1.12 bits per heavy atom. The lowest BCUT2D eigenvalue weighted by atomic mass is 10.2. The van der Waals surface area contributed by atoms with E-state index in [9.17, 15) is 13.2 Å². The first-order valence-electron chi connectivity index (χ1n) is 7.02. The second kappa shape index (κ2) is 7.00. The Balaban J connectivity index is 1.69. The molecule has 1 N–H and O–H groups in total. The number of benzene rings is 2. The summed E-state index contributed by atoms with van der Waals surface area (Å²) in [6, 6.07) is 14.4. The van der Waals surface area contributed by atoms with Crippen molar-refractivity contribution in [3.63, 3.8) is 0 Å². The SMILES string of the molecule is O=C(CS(=O)(=O)Cc1ccccc1)Nc1nc2c(Br)cccc2s1. The van der Waals surface area contributed by atoms with Gasteiger partial charge in [0.1, 0.15) is 5.75 Å². The van der Waals surface area contributed by atoms with Gasteiger partial charge in [-0.05, 0) is 33.6 Å². The number of hydrogen-bond acceptors (Lipinski definition) is 5. The standard InChI is InChI=1S/C16H13BrN2O3S2/c17-12-7-4-8-13-15(12)19-16(23-13)18-14(20)10-24(21,22)9-11-5-2-1-3-6-11/h1-8H,9-10H2,(H,18,19,20). The van der Waals surface area contributed by atoms with Gasteiger partial charge in [-0.25, -0.2) is 13.4 Å². The number of fused-ring (bicyclic) bond motifs is 1. The van der Waals surface area contributed by atoms with E-state index in [0.29, 0.717) is 10.7 Å². The predicted molar refractivity (Wildman–Crippen MR) is 99.9 cm³/mol. The van der Waals surface area contributed by atoms with Crippen LogP contribution in [0.5, 0.6) is 0 Å². The Bertz CT molecular complexity index is 985. The van der Waals surface area contributed by atoms with E-state index in [1.807, 2.05) is 24.3 Å². The van der Waals surface area contributed by atoms with E-state index in [4.69, 9.17) is 0 Å². The van der Waals surface area contributed by atoms with E-state index in [2.05, 4.69) is 26.2 Å². The van der Waals surface area contributed by atoms with E-state index in [-0.39, 0.29) is 5.75 Å². The van der Waals surface area contributed by atoms with Crippen molar-refractivity contribution in [2.75, 3.05) is 11.1 Å². The lowest BCUT2D eigenvalue weighted by molar-refractivity contribution is -0.113. The number of nitrogens with one attached hydrogen (secondary N) is 1. The number of para-hydroxylation sites is 1. The average molecular weight is 425 g/mol. The van der Waals surface area contributed by atoms with E-state index >= 15 is 0 Å². The molecule has 0 bridgehead atoms. The van der Waals surface area contributed by atoms with Gasteiger partial charge in [0.15, 0.2) is 15.0 Å². The van der Waals surface area contributed by atoms with Crippen LogP contribution in [0.15, 0.2) is 53.0 Å². The van der Waals surface area contributed by atoms with Gasteiger partial charge in [0.25, 0.3) is 0 Å². The maximum atomic E-state index is 12.1. The van der Waals surface area contributed by atoms with Crippen molar-refractivity contribution in [2.24, 2.45) is 0 Å². The molecule has 0 spiro atoms. The third-order valence-corrected chi connectivity index (χ3v) is 6.25. The molecule has 3 rings (SSSR count). The molecular weight excluding hydrogens is 412 g/mol. The van der Waals surface area contributed by atoms with Gasteiger partial charge >= 0.3 is 0 Å². The lowest BCUT2D eigenvalue weighted by Gasteiger charge is -2.04. The largest absolute Gasteiger partial charge is 0.301 e. The van der Waals surface area contributed by atoms with Crippen LogP contribution in [0.25, 0.3) is 10.2 Å². The number of aromatic nitrogens is 1. The van der Waals surface area contributed by atoms with E-state index in [1.54, 1.807) is 24.3 Å². The summed E-state index contributed by atoms with van der Waals surface area (Å²) in [5, 5.41) is 2.95. The lowest BCUT2D eigenvalue weighted by Crippen LogP contribution is -2.23. The fraction of sp³-hybridized carbons (Fsp3) is 0.125. The number of sulfone groups is 1. The third kappa shape index (κ3) is 4.19. The molecule has 0 aliphatic carbocycles. The molecule has 0 fully saturated rings. The van der Waals surface area contributed by atoms with Crippen molar-refractivity contribution in [1.29, 1.82) is 0 Å². The van der Waals surface area contributed by atoms with Gasteiger partial charge in [0.2, 0.25) is 5.91 Å². The van der Waals surface area contributed by atoms with Crippen LogP contribution in [-0.4, -0.2) is 25.1 Å². The second-order valence-electron chi connectivity index (χ2n) is 5.17. The molecule has 0 aliphatic rings. The minimum atomic E-state index is -3.54. The van der Waals surface area contributed by atoms with Gasteiger partial charge in [0.05, 0.1) is 16.0 Å². The Labute approximate surface area is 151 Å². The van der Waals surface area contributed by atoms with Crippen LogP contribution in [0.2, 0.25) is 0 Å². The highest BCUT2D eigenvalue weighted by Gasteiger charge is 2.18. The molecule has 5 nitrogen and oxygen atoms in total. The summed E-state index contributed by atoms with van der Waals surface area (Å²) >= 11 is 4.70. The molecule has 1 aromatic heterocycles.